The molecule has 0 spiro atoms. The number of hydrogen-bond acceptors (Lipinski definition) is 5. The van der Waals surface area contributed by atoms with Gasteiger partial charge in [-0.1, -0.05) is 29.8 Å². The van der Waals surface area contributed by atoms with Gasteiger partial charge >= 0.3 is 5.97 Å². The highest BCUT2D eigenvalue weighted by Gasteiger charge is 2.13. The summed E-state index contributed by atoms with van der Waals surface area (Å²) in [6, 6.07) is 14.7. The van der Waals surface area contributed by atoms with E-state index in [1.54, 1.807) is 12.1 Å². The van der Waals surface area contributed by atoms with Crippen LogP contribution in [0, 0.1) is 6.92 Å². The Balaban J connectivity index is 1.68. The van der Waals surface area contributed by atoms with Gasteiger partial charge in [0.05, 0.1) is 11.1 Å². The lowest BCUT2D eigenvalue weighted by atomic mass is 10.1. The van der Waals surface area contributed by atoms with E-state index in [0.29, 0.717) is 11.5 Å². The highest BCUT2D eigenvalue weighted by atomic mass is 79.9. The third-order valence-electron chi connectivity index (χ3n) is 3.15. The molecule has 0 bridgehead atoms. The van der Waals surface area contributed by atoms with Crippen LogP contribution >= 0.6 is 15.9 Å². The van der Waals surface area contributed by atoms with Crippen LogP contribution in [0.4, 0.5) is 0 Å². The van der Waals surface area contributed by atoms with E-state index in [4.69, 9.17) is 9.15 Å². The Hall–Kier alpha value is -2.47. The van der Waals surface area contributed by atoms with Gasteiger partial charge < -0.3 is 9.15 Å². The van der Waals surface area contributed by atoms with Gasteiger partial charge in [0, 0.05) is 4.47 Å². The lowest BCUT2D eigenvalue weighted by molar-refractivity contribution is 0.0438. The number of hydrogen-bond donors (Lipinski definition) is 0. The molecule has 6 heteroatoms. The molecule has 0 unspecified atom stereocenters. The molecule has 0 aliphatic heterocycles. The van der Waals surface area contributed by atoms with Crippen molar-refractivity contribution in [2.75, 3.05) is 0 Å². The van der Waals surface area contributed by atoms with Crippen molar-refractivity contribution in [2.24, 2.45) is 0 Å². The number of carbonyl (C=O) groups excluding carboxylic acids is 1. The molecule has 1 aromatic heterocycles. The highest BCUT2D eigenvalue weighted by Crippen LogP contribution is 2.26. The quantitative estimate of drug-likeness (QED) is 0.643. The Morgan fingerprint density at radius 2 is 2.00 bits per heavy atom. The van der Waals surface area contributed by atoms with E-state index < -0.39 is 5.97 Å². The van der Waals surface area contributed by atoms with E-state index in [0.717, 1.165) is 15.6 Å². The topological polar surface area (TPSA) is 65.2 Å². The maximum atomic E-state index is 12.0. The van der Waals surface area contributed by atoms with Crippen LogP contribution in [0.2, 0.25) is 0 Å². The molecule has 3 aromatic rings. The first kappa shape index (κ1) is 15.4. The van der Waals surface area contributed by atoms with Crippen LogP contribution < -0.4 is 0 Å². The van der Waals surface area contributed by atoms with Gasteiger partial charge in [-0.2, -0.15) is 0 Å². The molecule has 0 amide bonds. The Kier molecular flexibility index (Phi) is 4.52. The van der Waals surface area contributed by atoms with Gasteiger partial charge in [-0.25, -0.2) is 4.79 Å². The smallest absolute Gasteiger partial charge is 0.338 e. The fraction of sp³-hybridized carbons (Fsp3) is 0.118. The Morgan fingerprint density at radius 3 is 2.78 bits per heavy atom. The molecule has 3 rings (SSSR count). The molecule has 0 saturated carbocycles. The molecule has 5 nitrogen and oxygen atoms in total. The molecule has 0 aliphatic carbocycles. The normalized spacial score (nSPS) is 10.5. The van der Waals surface area contributed by atoms with Gasteiger partial charge in [0.1, 0.15) is 0 Å². The molecule has 0 radical (unpaired) electrons. The number of carbonyl (C=O) groups is 1. The summed E-state index contributed by atoms with van der Waals surface area (Å²) >= 11 is 3.43. The SMILES string of the molecule is Cc1cccc(C(=O)OCc2nnc(-c3ccccc3Br)o2)c1. The van der Waals surface area contributed by atoms with E-state index in [2.05, 4.69) is 26.1 Å². The second-order valence-electron chi connectivity index (χ2n) is 4.93. The first-order chi connectivity index (χ1) is 11.1. The van der Waals surface area contributed by atoms with Crippen LogP contribution in [0.1, 0.15) is 21.8 Å². The third kappa shape index (κ3) is 3.65. The van der Waals surface area contributed by atoms with Crippen molar-refractivity contribution in [1.29, 1.82) is 0 Å². The van der Waals surface area contributed by atoms with Crippen molar-refractivity contribution in [3.63, 3.8) is 0 Å². The van der Waals surface area contributed by atoms with Gasteiger partial charge in [0.15, 0.2) is 6.61 Å². The molecule has 0 N–H and O–H groups in total. The van der Waals surface area contributed by atoms with Crippen LogP contribution in [0.5, 0.6) is 0 Å². The minimum absolute atomic E-state index is 0.0653. The number of benzene rings is 2. The average Bonchev–Trinajstić information content (AvgIpc) is 3.02. The van der Waals surface area contributed by atoms with Crippen LogP contribution in [0.25, 0.3) is 11.5 Å². The molecule has 116 valence electrons. The molecular formula is C17H13BrN2O3. The minimum Gasteiger partial charge on any atom is -0.452 e. The van der Waals surface area contributed by atoms with E-state index in [1.165, 1.54) is 0 Å². The van der Waals surface area contributed by atoms with Crippen LogP contribution in [-0.4, -0.2) is 16.2 Å². The van der Waals surface area contributed by atoms with Crippen molar-refractivity contribution < 1.29 is 13.9 Å². The zero-order valence-corrected chi connectivity index (χ0v) is 13.9. The average molecular weight is 373 g/mol. The highest BCUT2D eigenvalue weighted by molar-refractivity contribution is 9.10. The molecule has 0 saturated heterocycles. The predicted molar refractivity (Wildman–Crippen MR) is 87.7 cm³/mol. The Bertz CT molecular complexity index is 845. The summed E-state index contributed by atoms with van der Waals surface area (Å²) in [6.45, 7) is 1.85. The van der Waals surface area contributed by atoms with Crippen LogP contribution in [-0.2, 0) is 11.3 Å². The maximum absolute atomic E-state index is 12.0. The van der Waals surface area contributed by atoms with Crippen molar-refractivity contribution in [3.8, 4) is 11.5 Å². The molecule has 2 aromatic carbocycles. The number of aryl methyl sites for hydroxylation is 1. The van der Waals surface area contributed by atoms with Gasteiger partial charge in [-0.15, -0.1) is 10.2 Å². The van der Waals surface area contributed by atoms with Crippen molar-refractivity contribution >= 4 is 21.9 Å². The number of rotatable bonds is 4. The summed E-state index contributed by atoms with van der Waals surface area (Å²) < 4.78 is 11.6. The van der Waals surface area contributed by atoms with Gasteiger partial charge in [-0.05, 0) is 47.1 Å². The standard InChI is InChI=1S/C17H13BrN2O3/c1-11-5-4-6-12(9-11)17(21)22-10-15-19-20-16(23-15)13-7-2-3-8-14(13)18/h2-9H,10H2,1H3. The molecule has 0 fully saturated rings. The molecule has 0 atom stereocenters. The third-order valence-corrected chi connectivity index (χ3v) is 3.84. The number of aromatic nitrogens is 2. The Morgan fingerprint density at radius 1 is 1.17 bits per heavy atom. The number of esters is 1. The zero-order valence-electron chi connectivity index (χ0n) is 12.3. The molecule has 0 aliphatic rings. The summed E-state index contributed by atoms with van der Waals surface area (Å²) in [7, 11) is 0. The van der Waals surface area contributed by atoms with Gasteiger partial charge in [0.2, 0.25) is 5.89 Å². The van der Waals surface area contributed by atoms with Crippen molar-refractivity contribution in [3.05, 3.63) is 70.0 Å². The van der Waals surface area contributed by atoms with E-state index in [1.807, 2.05) is 43.3 Å². The lowest BCUT2D eigenvalue weighted by Crippen LogP contribution is -2.05. The van der Waals surface area contributed by atoms with Gasteiger partial charge in [-0.3, -0.25) is 0 Å². The Labute approximate surface area is 141 Å². The molecular weight excluding hydrogens is 360 g/mol. The maximum Gasteiger partial charge on any atom is 0.338 e. The first-order valence-corrected chi connectivity index (χ1v) is 7.74. The summed E-state index contributed by atoms with van der Waals surface area (Å²) in [5.74, 6) is 0.199. The second kappa shape index (κ2) is 6.75. The van der Waals surface area contributed by atoms with E-state index >= 15 is 0 Å². The number of nitrogens with zero attached hydrogens (tertiary/aromatic N) is 2. The summed E-state index contributed by atoms with van der Waals surface area (Å²) in [6.07, 6.45) is 0. The largest absolute Gasteiger partial charge is 0.452 e. The number of ether oxygens (including phenoxy) is 1. The monoisotopic (exact) mass is 372 g/mol. The fourth-order valence-electron chi connectivity index (χ4n) is 2.04. The zero-order chi connectivity index (χ0) is 16.2. The first-order valence-electron chi connectivity index (χ1n) is 6.94. The van der Waals surface area contributed by atoms with E-state index in [9.17, 15) is 4.79 Å². The predicted octanol–water partition coefficient (Wildman–Crippen LogP) is 4.16. The van der Waals surface area contributed by atoms with E-state index in [-0.39, 0.29) is 12.5 Å². The summed E-state index contributed by atoms with van der Waals surface area (Å²) in [4.78, 5) is 12.0. The van der Waals surface area contributed by atoms with Crippen LogP contribution in [0.15, 0.2) is 57.4 Å². The lowest BCUT2D eigenvalue weighted by Gasteiger charge is -2.02. The summed E-state index contributed by atoms with van der Waals surface area (Å²) in [5, 5.41) is 7.88. The fourth-order valence-corrected chi connectivity index (χ4v) is 2.49. The molecule has 23 heavy (non-hydrogen) atoms. The van der Waals surface area contributed by atoms with Crippen LogP contribution in [0.3, 0.4) is 0 Å². The number of halogens is 1. The van der Waals surface area contributed by atoms with Crippen molar-refractivity contribution in [1.82, 2.24) is 10.2 Å². The minimum atomic E-state index is -0.422. The van der Waals surface area contributed by atoms with Crippen molar-refractivity contribution in [2.45, 2.75) is 13.5 Å². The summed E-state index contributed by atoms with van der Waals surface area (Å²) in [5.41, 5.74) is 2.28. The van der Waals surface area contributed by atoms with Gasteiger partial charge in [0.25, 0.3) is 5.89 Å². The second-order valence-corrected chi connectivity index (χ2v) is 5.78. The molecule has 1 heterocycles.